The molecule has 14 nitrogen and oxygen atoms in total. The molecule has 1 aliphatic rings. The van der Waals surface area contributed by atoms with Crippen LogP contribution in [-0.2, 0) is 32.0 Å². The average Bonchev–Trinajstić information content (AvgIpc) is 3.39. The van der Waals surface area contributed by atoms with Gasteiger partial charge in [0.05, 0.1) is 6.61 Å². The number of nitrogens with zero attached hydrogens (tertiary/aromatic N) is 1. The maximum absolute atomic E-state index is 13.7. The highest BCUT2D eigenvalue weighted by molar-refractivity contribution is 5.98. The summed E-state index contributed by atoms with van der Waals surface area (Å²) in [5, 5.41) is 31.0. The third-order valence-electron chi connectivity index (χ3n) is 7.13. The predicted molar refractivity (Wildman–Crippen MR) is 159 cm³/mol. The van der Waals surface area contributed by atoms with E-state index in [-0.39, 0.29) is 37.5 Å². The molecule has 3 aromatic rings. The van der Waals surface area contributed by atoms with Gasteiger partial charge in [0, 0.05) is 36.5 Å². The molecule has 0 unspecified atom stereocenters. The number of hydrogen-bond acceptors (Lipinski definition) is 7. The molecule has 0 bridgehead atoms. The van der Waals surface area contributed by atoms with Crippen molar-refractivity contribution in [1.82, 2.24) is 26.3 Å². The number of aliphatic hydroxyl groups is 1. The summed E-state index contributed by atoms with van der Waals surface area (Å²) in [5.74, 6) is -2.82. The molecule has 43 heavy (non-hydrogen) atoms. The van der Waals surface area contributed by atoms with Crippen LogP contribution in [0.25, 0.3) is 10.9 Å². The Morgan fingerprint density at radius 2 is 1.35 bits per heavy atom. The summed E-state index contributed by atoms with van der Waals surface area (Å²) < 4.78 is 0. The van der Waals surface area contributed by atoms with Crippen molar-refractivity contribution in [2.24, 2.45) is 16.5 Å². The van der Waals surface area contributed by atoms with E-state index >= 15 is 0 Å². The molecule has 4 rings (SSSR count). The minimum absolute atomic E-state index is 0.0349. The van der Waals surface area contributed by atoms with E-state index in [4.69, 9.17) is 11.5 Å². The van der Waals surface area contributed by atoms with Crippen LogP contribution in [-0.4, -0.2) is 82.1 Å². The quantitative estimate of drug-likeness (QED) is 0.0816. The number of para-hydroxylation sites is 1. The van der Waals surface area contributed by atoms with Gasteiger partial charge in [-0.2, -0.15) is 0 Å². The minimum atomic E-state index is -1.38. The maximum atomic E-state index is 13.7. The third kappa shape index (κ3) is 8.23. The third-order valence-corrected chi connectivity index (χ3v) is 7.13. The molecule has 14 heteroatoms. The number of amides is 4. The standard InChI is InChI=1S/C29H36N8O6/c30-29(31)32-11-3-6-21-25(40)37-24(15-38)28(43)36-23(13-17-14-33-20-5-2-1-4-19(17)20)27(42)35-22(26(41)34-21)12-16-7-9-18(39)10-8-16/h1-2,4-5,7-10,14,21-24,33,38-39H,3,6,11-13,15H2,(H,34,41)(H,35,42)(H,36,43)(H,37,40)(H4,30,31,32)/t21-,22-,23-,24-/m0/s1. The summed E-state index contributed by atoms with van der Waals surface area (Å²) in [6.07, 6.45) is 2.26. The maximum Gasteiger partial charge on any atom is 0.245 e. The fraction of sp³-hybridized carbons (Fsp3) is 0.345. The molecule has 0 radical (unpaired) electrons. The summed E-state index contributed by atoms with van der Waals surface area (Å²) in [6.45, 7) is -0.549. The van der Waals surface area contributed by atoms with Gasteiger partial charge in [0.25, 0.3) is 0 Å². The number of hydrogen-bond donors (Lipinski definition) is 9. The Kier molecular flexibility index (Phi) is 10.2. The molecule has 11 N–H and O–H groups in total. The van der Waals surface area contributed by atoms with Crippen LogP contribution in [0.5, 0.6) is 5.75 Å². The molecule has 1 saturated heterocycles. The zero-order valence-corrected chi connectivity index (χ0v) is 23.4. The SMILES string of the molecule is NC(N)=NCCC[C@@H]1NC(=O)[C@H](Cc2ccc(O)cc2)NC(=O)[C@H](Cc2c[nH]c3ccccc23)NC(=O)[C@H](CO)NC1=O. The number of aliphatic hydroxyl groups excluding tert-OH is 1. The molecule has 228 valence electrons. The number of carbonyl (C=O) groups is 4. The summed E-state index contributed by atoms with van der Waals surface area (Å²) in [4.78, 5) is 60.8. The molecule has 4 amide bonds. The summed E-state index contributed by atoms with van der Waals surface area (Å²) in [5.41, 5.74) is 13.0. The van der Waals surface area contributed by atoms with E-state index in [9.17, 15) is 29.4 Å². The molecule has 4 atom stereocenters. The van der Waals surface area contributed by atoms with Gasteiger partial charge in [0.1, 0.15) is 29.9 Å². The Balaban J connectivity index is 1.65. The van der Waals surface area contributed by atoms with Crippen molar-refractivity contribution < 1.29 is 29.4 Å². The van der Waals surface area contributed by atoms with E-state index < -0.39 is 54.4 Å². The molecule has 0 aliphatic carbocycles. The first-order valence-corrected chi connectivity index (χ1v) is 13.8. The molecular formula is C29H36N8O6. The highest BCUT2D eigenvalue weighted by atomic mass is 16.3. The van der Waals surface area contributed by atoms with Crippen LogP contribution in [0.4, 0.5) is 0 Å². The molecular weight excluding hydrogens is 556 g/mol. The second kappa shape index (κ2) is 14.2. The lowest BCUT2D eigenvalue weighted by atomic mass is 10.0. The summed E-state index contributed by atoms with van der Waals surface area (Å²) in [6, 6.07) is 8.82. The number of rotatable bonds is 9. The zero-order chi connectivity index (χ0) is 30.9. The number of nitrogens with two attached hydrogens (primary N) is 2. The van der Waals surface area contributed by atoms with Crippen LogP contribution in [0.3, 0.4) is 0 Å². The smallest absolute Gasteiger partial charge is 0.245 e. The lowest BCUT2D eigenvalue weighted by Crippen LogP contribution is -2.62. The Labute approximate surface area is 247 Å². The number of aromatic amines is 1. The van der Waals surface area contributed by atoms with Crippen LogP contribution in [0.2, 0.25) is 0 Å². The number of carbonyl (C=O) groups excluding carboxylic acids is 4. The number of phenols is 1. The number of phenolic OH excluding ortho intramolecular Hbond substituents is 1. The van der Waals surface area contributed by atoms with Gasteiger partial charge in [-0.15, -0.1) is 0 Å². The van der Waals surface area contributed by atoms with Gasteiger partial charge in [0.2, 0.25) is 23.6 Å². The number of aromatic hydroxyl groups is 1. The number of H-pyrrole nitrogens is 1. The van der Waals surface area contributed by atoms with Crippen molar-refractivity contribution in [3.05, 3.63) is 65.9 Å². The Hall–Kier alpha value is -5.11. The first-order valence-electron chi connectivity index (χ1n) is 13.8. The molecule has 2 aromatic carbocycles. The molecule has 1 aliphatic heterocycles. The van der Waals surface area contributed by atoms with Crippen molar-refractivity contribution in [2.45, 2.75) is 49.9 Å². The van der Waals surface area contributed by atoms with E-state index in [1.165, 1.54) is 12.1 Å². The number of guanidine groups is 1. The Bertz CT molecular complexity index is 1480. The molecule has 1 fully saturated rings. The van der Waals surface area contributed by atoms with Gasteiger partial charge in [-0.25, -0.2) is 0 Å². The topological polar surface area (TPSA) is 237 Å². The van der Waals surface area contributed by atoms with Crippen molar-refractivity contribution in [3.63, 3.8) is 0 Å². The largest absolute Gasteiger partial charge is 0.508 e. The molecule has 2 heterocycles. The number of fused-ring (bicyclic) bond motifs is 1. The Morgan fingerprint density at radius 1 is 0.767 bits per heavy atom. The van der Waals surface area contributed by atoms with E-state index in [0.717, 1.165) is 16.5 Å². The van der Waals surface area contributed by atoms with E-state index in [2.05, 4.69) is 31.2 Å². The van der Waals surface area contributed by atoms with Crippen LogP contribution in [0.1, 0.15) is 24.0 Å². The fourth-order valence-corrected chi connectivity index (χ4v) is 4.86. The number of aliphatic imine (C=N–C) groups is 1. The van der Waals surface area contributed by atoms with Crippen molar-refractivity contribution in [2.75, 3.05) is 13.2 Å². The van der Waals surface area contributed by atoms with Gasteiger partial charge < -0.3 is 47.9 Å². The van der Waals surface area contributed by atoms with Gasteiger partial charge in [-0.05, 0) is 42.2 Å². The first kappa shape index (κ1) is 30.8. The van der Waals surface area contributed by atoms with E-state index in [1.807, 2.05) is 24.3 Å². The lowest BCUT2D eigenvalue weighted by molar-refractivity contribution is -0.137. The monoisotopic (exact) mass is 592 g/mol. The second-order valence-corrected chi connectivity index (χ2v) is 10.3. The zero-order valence-electron chi connectivity index (χ0n) is 23.4. The van der Waals surface area contributed by atoms with Crippen molar-refractivity contribution in [3.8, 4) is 5.75 Å². The molecule has 0 spiro atoms. The van der Waals surface area contributed by atoms with Gasteiger partial charge in [0.15, 0.2) is 5.96 Å². The van der Waals surface area contributed by atoms with Gasteiger partial charge >= 0.3 is 0 Å². The summed E-state index contributed by atoms with van der Waals surface area (Å²) in [7, 11) is 0. The predicted octanol–water partition coefficient (Wildman–Crippen LogP) is -1.34. The van der Waals surface area contributed by atoms with Crippen molar-refractivity contribution in [1.29, 1.82) is 0 Å². The van der Waals surface area contributed by atoms with E-state index in [1.54, 1.807) is 18.3 Å². The van der Waals surface area contributed by atoms with Crippen LogP contribution < -0.4 is 32.7 Å². The van der Waals surface area contributed by atoms with Crippen LogP contribution >= 0.6 is 0 Å². The second-order valence-electron chi connectivity index (χ2n) is 10.3. The van der Waals surface area contributed by atoms with Gasteiger partial charge in [-0.1, -0.05) is 30.3 Å². The first-order chi connectivity index (χ1) is 20.6. The van der Waals surface area contributed by atoms with Crippen molar-refractivity contribution >= 4 is 40.5 Å². The average molecular weight is 593 g/mol. The highest BCUT2D eigenvalue weighted by Crippen LogP contribution is 2.20. The molecule has 0 saturated carbocycles. The van der Waals surface area contributed by atoms with Crippen LogP contribution in [0.15, 0.2) is 59.7 Å². The highest BCUT2D eigenvalue weighted by Gasteiger charge is 2.34. The molecule has 1 aromatic heterocycles. The summed E-state index contributed by atoms with van der Waals surface area (Å²) >= 11 is 0. The normalized spacial score (nSPS) is 21.5. The number of benzene rings is 2. The number of aromatic nitrogens is 1. The lowest BCUT2D eigenvalue weighted by Gasteiger charge is -2.29. The van der Waals surface area contributed by atoms with Crippen LogP contribution in [0, 0.1) is 0 Å². The fourth-order valence-electron chi connectivity index (χ4n) is 4.86. The minimum Gasteiger partial charge on any atom is -0.508 e. The van der Waals surface area contributed by atoms with E-state index in [0.29, 0.717) is 12.0 Å². The Morgan fingerprint density at radius 3 is 2.02 bits per heavy atom. The van der Waals surface area contributed by atoms with Gasteiger partial charge in [-0.3, -0.25) is 24.2 Å². The number of nitrogens with one attached hydrogen (secondary N) is 5.